The van der Waals surface area contributed by atoms with Crippen molar-refractivity contribution in [3.05, 3.63) is 33.0 Å². The zero-order valence-corrected chi connectivity index (χ0v) is 13.7. The Bertz CT molecular complexity index is 536. The molecule has 0 aliphatic heterocycles. The smallest absolute Gasteiger partial charge is 0.320 e. The molecule has 19 heavy (non-hydrogen) atoms. The summed E-state index contributed by atoms with van der Waals surface area (Å²) in [6, 6.07) is 6.55. The first kappa shape index (κ1) is 14.5. The van der Waals surface area contributed by atoms with E-state index in [1.54, 1.807) is 0 Å². The first-order valence-corrected chi connectivity index (χ1v) is 7.41. The molecule has 0 amide bonds. The molecular formula is C12H14Br2N4O. The summed E-state index contributed by atoms with van der Waals surface area (Å²) in [5.41, 5.74) is 0.856. The molecule has 0 atom stereocenters. The summed E-state index contributed by atoms with van der Waals surface area (Å²) >= 11 is 6.93. The number of hydrogen-bond donors (Lipinski definition) is 2. The minimum absolute atomic E-state index is 0.369. The molecule has 0 aliphatic rings. The van der Waals surface area contributed by atoms with Crippen molar-refractivity contribution in [3.8, 4) is 0 Å². The lowest BCUT2D eigenvalue weighted by molar-refractivity contribution is 0.460. The number of nitrogens with one attached hydrogen (secondary N) is 2. The summed E-state index contributed by atoms with van der Waals surface area (Å²) in [5, 5.41) is 14.2. The normalized spacial score (nSPS) is 11.0. The number of para-hydroxylation sites is 1. The highest BCUT2D eigenvalue weighted by molar-refractivity contribution is 9.11. The SMILES string of the molecule is CC(C)NCc1nnc(Nc2c(Br)cccc2Br)o1. The fraction of sp³-hybridized carbons (Fsp3) is 0.333. The van der Waals surface area contributed by atoms with Gasteiger partial charge in [0.25, 0.3) is 0 Å². The van der Waals surface area contributed by atoms with Gasteiger partial charge in [-0.05, 0) is 44.0 Å². The van der Waals surface area contributed by atoms with Crippen LogP contribution in [-0.2, 0) is 6.54 Å². The van der Waals surface area contributed by atoms with E-state index in [9.17, 15) is 0 Å². The van der Waals surface area contributed by atoms with Gasteiger partial charge in [-0.25, -0.2) is 0 Å². The molecule has 1 aromatic heterocycles. The van der Waals surface area contributed by atoms with Crippen LogP contribution in [0.25, 0.3) is 0 Å². The molecule has 0 fully saturated rings. The van der Waals surface area contributed by atoms with Crippen molar-refractivity contribution in [2.45, 2.75) is 26.4 Å². The van der Waals surface area contributed by atoms with Gasteiger partial charge >= 0.3 is 6.01 Å². The van der Waals surface area contributed by atoms with Gasteiger partial charge in [-0.2, -0.15) is 0 Å². The molecule has 0 unspecified atom stereocenters. The fourth-order valence-electron chi connectivity index (χ4n) is 1.39. The second-order valence-corrected chi connectivity index (χ2v) is 5.97. The lowest BCUT2D eigenvalue weighted by Crippen LogP contribution is -2.21. The van der Waals surface area contributed by atoms with Crippen molar-refractivity contribution in [2.75, 3.05) is 5.32 Å². The van der Waals surface area contributed by atoms with Crippen LogP contribution < -0.4 is 10.6 Å². The summed E-state index contributed by atoms with van der Waals surface area (Å²) in [5.74, 6) is 0.555. The molecule has 7 heteroatoms. The molecule has 5 nitrogen and oxygen atoms in total. The minimum Gasteiger partial charge on any atom is -0.406 e. The first-order valence-electron chi connectivity index (χ1n) is 5.83. The van der Waals surface area contributed by atoms with Crippen molar-refractivity contribution in [1.82, 2.24) is 15.5 Å². The molecule has 0 radical (unpaired) electrons. The van der Waals surface area contributed by atoms with E-state index in [4.69, 9.17) is 4.42 Å². The molecule has 1 aromatic carbocycles. The molecule has 102 valence electrons. The Kier molecular flexibility index (Phi) is 4.95. The van der Waals surface area contributed by atoms with Crippen molar-refractivity contribution in [3.63, 3.8) is 0 Å². The van der Waals surface area contributed by atoms with Crippen LogP contribution in [0.15, 0.2) is 31.6 Å². The van der Waals surface area contributed by atoms with E-state index >= 15 is 0 Å². The lowest BCUT2D eigenvalue weighted by atomic mass is 10.3. The topological polar surface area (TPSA) is 63.0 Å². The highest BCUT2D eigenvalue weighted by Crippen LogP contribution is 2.32. The Morgan fingerprint density at radius 2 is 1.89 bits per heavy atom. The van der Waals surface area contributed by atoms with E-state index in [-0.39, 0.29) is 0 Å². The predicted octanol–water partition coefficient (Wildman–Crippen LogP) is 3.84. The van der Waals surface area contributed by atoms with Crippen molar-refractivity contribution >= 4 is 43.6 Å². The predicted molar refractivity (Wildman–Crippen MR) is 81.4 cm³/mol. The largest absolute Gasteiger partial charge is 0.406 e. The van der Waals surface area contributed by atoms with E-state index < -0.39 is 0 Å². The van der Waals surface area contributed by atoms with Crippen molar-refractivity contribution in [1.29, 1.82) is 0 Å². The van der Waals surface area contributed by atoms with E-state index in [0.29, 0.717) is 24.5 Å². The summed E-state index contributed by atoms with van der Waals surface area (Å²) in [4.78, 5) is 0. The zero-order valence-electron chi connectivity index (χ0n) is 10.6. The summed E-state index contributed by atoms with van der Waals surface area (Å²) in [7, 11) is 0. The second kappa shape index (κ2) is 6.49. The Hall–Kier alpha value is -0.920. The Morgan fingerprint density at radius 3 is 2.53 bits per heavy atom. The van der Waals surface area contributed by atoms with Gasteiger partial charge in [0.15, 0.2) is 0 Å². The van der Waals surface area contributed by atoms with Crippen LogP contribution in [-0.4, -0.2) is 16.2 Å². The Morgan fingerprint density at radius 1 is 1.21 bits per heavy atom. The van der Waals surface area contributed by atoms with Gasteiger partial charge in [0.05, 0.1) is 12.2 Å². The number of benzene rings is 1. The molecule has 0 bridgehead atoms. The average molecular weight is 390 g/mol. The maximum absolute atomic E-state index is 5.51. The van der Waals surface area contributed by atoms with Crippen LogP contribution >= 0.6 is 31.9 Å². The van der Waals surface area contributed by atoms with Crippen LogP contribution in [0.1, 0.15) is 19.7 Å². The van der Waals surface area contributed by atoms with E-state index in [1.807, 2.05) is 18.2 Å². The minimum atomic E-state index is 0.369. The molecule has 0 spiro atoms. The van der Waals surface area contributed by atoms with Gasteiger partial charge in [-0.1, -0.05) is 25.0 Å². The van der Waals surface area contributed by atoms with Crippen LogP contribution in [0.2, 0.25) is 0 Å². The highest BCUT2D eigenvalue weighted by Gasteiger charge is 2.10. The lowest BCUT2D eigenvalue weighted by Gasteiger charge is -2.06. The highest BCUT2D eigenvalue weighted by atomic mass is 79.9. The van der Waals surface area contributed by atoms with Gasteiger partial charge in [0.2, 0.25) is 5.89 Å². The molecule has 0 saturated carbocycles. The summed E-state index contributed by atoms with van der Waals surface area (Å²) in [6.07, 6.45) is 0. The van der Waals surface area contributed by atoms with E-state index in [2.05, 4.69) is 66.5 Å². The number of aromatic nitrogens is 2. The van der Waals surface area contributed by atoms with E-state index in [0.717, 1.165) is 14.6 Å². The number of anilines is 2. The van der Waals surface area contributed by atoms with Crippen LogP contribution in [0, 0.1) is 0 Å². The summed E-state index contributed by atoms with van der Waals surface area (Å²) in [6.45, 7) is 4.69. The average Bonchev–Trinajstić information content (AvgIpc) is 2.79. The number of halogens is 2. The monoisotopic (exact) mass is 388 g/mol. The summed E-state index contributed by atoms with van der Waals surface area (Å²) < 4.78 is 7.35. The first-order chi connectivity index (χ1) is 9.06. The van der Waals surface area contributed by atoms with Crippen LogP contribution in [0.4, 0.5) is 11.7 Å². The third-order valence-corrected chi connectivity index (χ3v) is 3.64. The standard InChI is InChI=1S/C12H14Br2N4O/c1-7(2)15-6-10-17-18-12(19-10)16-11-8(13)4-3-5-9(11)14/h3-5,7,15H,6H2,1-2H3,(H,16,18). The second-order valence-electron chi connectivity index (χ2n) is 4.26. The van der Waals surface area contributed by atoms with Crippen LogP contribution in [0.5, 0.6) is 0 Å². The molecule has 2 N–H and O–H groups in total. The number of nitrogens with zero attached hydrogens (tertiary/aromatic N) is 2. The Labute approximate surface area is 128 Å². The molecular weight excluding hydrogens is 376 g/mol. The number of hydrogen-bond acceptors (Lipinski definition) is 5. The molecule has 0 aliphatic carbocycles. The Balaban J connectivity index is 2.07. The van der Waals surface area contributed by atoms with Crippen molar-refractivity contribution in [2.24, 2.45) is 0 Å². The number of rotatable bonds is 5. The van der Waals surface area contributed by atoms with Gasteiger partial charge in [-0.15, -0.1) is 5.10 Å². The van der Waals surface area contributed by atoms with Gasteiger partial charge in [0.1, 0.15) is 0 Å². The third kappa shape index (κ3) is 4.02. The molecule has 2 aromatic rings. The molecule has 1 heterocycles. The van der Waals surface area contributed by atoms with E-state index in [1.165, 1.54) is 0 Å². The fourth-order valence-corrected chi connectivity index (χ4v) is 2.59. The van der Waals surface area contributed by atoms with Gasteiger partial charge in [-0.3, -0.25) is 0 Å². The third-order valence-electron chi connectivity index (χ3n) is 2.32. The van der Waals surface area contributed by atoms with Crippen molar-refractivity contribution < 1.29 is 4.42 Å². The maximum atomic E-state index is 5.51. The molecule has 0 saturated heterocycles. The van der Waals surface area contributed by atoms with Gasteiger partial charge < -0.3 is 15.1 Å². The van der Waals surface area contributed by atoms with Crippen LogP contribution in [0.3, 0.4) is 0 Å². The maximum Gasteiger partial charge on any atom is 0.320 e. The molecule has 2 rings (SSSR count). The van der Waals surface area contributed by atoms with Gasteiger partial charge in [0, 0.05) is 15.0 Å². The zero-order chi connectivity index (χ0) is 13.8. The quantitative estimate of drug-likeness (QED) is 0.813.